The SMILES string of the molecule is CCCN(CC1CC1)S(=O)(=O)c1c[nH]c(CCl)c1. The van der Waals surface area contributed by atoms with Crippen LogP contribution in [0.15, 0.2) is 17.2 Å². The molecule has 0 radical (unpaired) electrons. The molecule has 0 amide bonds. The van der Waals surface area contributed by atoms with Crippen LogP contribution in [0, 0.1) is 5.92 Å². The molecule has 6 heteroatoms. The lowest BCUT2D eigenvalue weighted by molar-refractivity contribution is 0.396. The van der Waals surface area contributed by atoms with Crippen LogP contribution >= 0.6 is 11.6 Å². The van der Waals surface area contributed by atoms with E-state index in [9.17, 15) is 8.42 Å². The Morgan fingerprint density at radius 3 is 2.72 bits per heavy atom. The Labute approximate surface area is 113 Å². The van der Waals surface area contributed by atoms with Crippen LogP contribution in [0.3, 0.4) is 0 Å². The normalized spacial score (nSPS) is 16.4. The minimum Gasteiger partial charge on any atom is -0.363 e. The van der Waals surface area contributed by atoms with Gasteiger partial charge in [0.25, 0.3) is 0 Å². The number of H-pyrrole nitrogens is 1. The highest BCUT2D eigenvalue weighted by Crippen LogP contribution is 2.31. The van der Waals surface area contributed by atoms with Gasteiger partial charge in [0, 0.05) is 25.0 Å². The molecule has 1 aromatic heterocycles. The molecule has 1 aliphatic carbocycles. The summed E-state index contributed by atoms with van der Waals surface area (Å²) < 4.78 is 26.6. The zero-order chi connectivity index (χ0) is 13.2. The number of halogens is 1. The Morgan fingerprint density at radius 2 is 2.22 bits per heavy atom. The zero-order valence-corrected chi connectivity index (χ0v) is 12.1. The van der Waals surface area contributed by atoms with Crippen LogP contribution < -0.4 is 0 Å². The molecule has 1 aliphatic rings. The number of nitrogens with one attached hydrogen (secondary N) is 1. The standard InChI is InChI=1S/C12H19ClN2O2S/c1-2-5-15(9-10-3-4-10)18(16,17)12-6-11(7-13)14-8-12/h6,8,10,14H,2-5,7,9H2,1H3. The topological polar surface area (TPSA) is 53.2 Å². The van der Waals surface area contributed by atoms with E-state index in [2.05, 4.69) is 4.98 Å². The second kappa shape index (κ2) is 5.63. The highest BCUT2D eigenvalue weighted by atomic mass is 35.5. The Balaban J connectivity index is 2.19. The van der Waals surface area contributed by atoms with Gasteiger partial charge in [-0.1, -0.05) is 6.92 Å². The van der Waals surface area contributed by atoms with Crippen molar-refractivity contribution in [2.75, 3.05) is 13.1 Å². The second-order valence-electron chi connectivity index (χ2n) is 4.80. The first-order chi connectivity index (χ1) is 8.57. The molecule has 1 saturated carbocycles. The maximum atomic E-state index is 12.5. The van der Waals surface area contributed by atoms with E-state index in [0.717, 1.165) is 25.0 Å². The van der Waals surface area contributed by atoms with Crippen LogP contribution in [0.25, 0.3) is 0 Å². The molecule has 0 atom stereocenters. The van der Waals surface area contributed by atoms with Gasteiger partial charge in [-0.05, 0) is 31.2 Å². The molecule has 0 spiro atoms. The fourth-order valence-corrected chi connectivity index (χ4v) is 3.72. The molecule has 102 valence electrons. The van der Waals surface area contributed by atoms with Crippen molar-refractivity contribution in [3.8, 4) is 0 Å². The summed E-state index contributed by atoms with van der Waals surface area (Å²) in [5.74, 6) is 0.851. The summed E-state index contributed by atoms with van der Waals surface area (Å²) in [5.41, 5.74) is 0.734. The maximum absolute atomic E-state index is 12.5. The number of nitrogens with zero attached hydrogens (tertiary/aromatic N) is 1. The predicted octanol–water partition coefficient (Wildman–Crippen LogP) is 2.56. The monoisotopic (exact) mass is 290 g/mol. The van der Waals surface area contributed by atoms with Crippen molar-refractivity contribution in [1.29, 1.82) is 0 Å². The van der Waals surface area contributed by atoms with Crippen LogP contribution in [-0.2, 0) is 15.9 Å². The van der Waals surface area contributed by atoms with E-state index in [-0.39, 0.29) is 0 Å². The van der Waals surface area contributed by atoms with Gasteiger partial charge >= 0.3 is 0 Å². The molecule has 0 unspecified atom stereocenters. The predicted molar refractivity (Wildman–Crippen MR) is 72.1 cm³/mol. The lowest BCUT2D eigenvalue weighted by atomic mass is 10.4. The molecule has 1 aromatic rings. The lowest BCUT2D eigenvalue weighted by Crippen LogP contribution is -2.33. The maximum Gasteiger partial charge on any atom is 0.244 e. The van der Waals surface area contributed by atoms with E-state index < -0.39 is 10.0 Å². The Hall–Kier alpha value is -0.520. The van der Waals surface area contributed by atoms with Gasteiger partial charge in [-0.3, -0.25) is 0 Å². The first-order valence-electron chi connectivity index (χ1n) is 6.31. The smallest absolute Gasteiger partial charge is 0.244 e. The van der Waals surface area contributed by atoms with Crippen LogP contribution in [0.5, 0.6) is 0 Å². The second-order valence-corrected chi connectivity index (χ2v) is 7.01. The molecule has 0 aromatic carbocycles. The summed E-state index contributed by atoms with van der Waals surface area (Å²) >= 11 is 5.69. The Kier molecular flexibility index (Phi) is 4.35. The van der Waals surface area contributed by atoms with Crippen molar-refractivity contribution in [1.82, 2.24) is 9.29 Å². The van der Waals surface area contributed by atoms with Gasteiger partial charge in [-0.2, -0.15) is 4.31 Å². The summed E-state index contributed by atoms with van der Waals surface area (Å²) in [7, 11) is -3.36. The molecule has 18 heavy (non-hydrogen) atoms. The van der Waals surface area contributed by atoms with E-state index in [1.165, 1.54) is 6.20 Å². The van der Waals surface area contributed by atoms with Gasteiger partial charge in [0.2, 0.25) is 10.0 Å². The highest BCUT2D eigenvalue weighted by molar-refractivity contribution is 7.89. The minimum absolute atomic E-state index is 0.298. The van der Waals surface area contributed by atoms with Crippen molar-refractivity contribution >= 4 is 21.6 Å². The van der Waals surface area contributed by atoms with Crippen molar-refractivity contribution in [2.45, 2.75) is 37.0 Å². The number of alkyl halides is 1. The fraction of sp³-hybridized carbons (Fsp3) is 0.667. The van der Waals surface area contributed by atoms with Crippen molar-refractivity contribution in [3.63, 3.8) is 0 Å². The number of sulfonamides is 1. The van der Waals surface area contributed by atoms with Gasteiger partial charge < -0.3 is 4.98 Å². The van der Waals surface area contributed by atoms with E-state index >= 15 is 0 Å². The third-order valence-corrected chi connectivity index (χ3v) is 5.26. The minimum atomic E-state index is -3.36. The van der Waals surface area contributed by atoms with Gasteiger partial charge in [-0.15, -0.1) is 11.6 Å². The summed E-state index contributed by atoms with van der Waals surface area (Å²) in [6, 6.07) is 1.62. The van der Waals surface area contributed by atoms with Crippen LogP contribution in [0.2, 0.25) is 0 Å². The van der Waals surface area contributed by atoms with Crippen molar-refractivity contribution in [2.24, 2.45) is 5.92 Å². The zero-order valence-electron chi connectivity index (χ0n) is 10.5. The Morgan fingerprint density at radius 1 is 1.50 bits per heavy atom. The van der Waals surface area contributed by atoms with Gasteiger partial charge in [-0.25, -0.2) is 8.42 Å². The van der Waals surface area contributed by atoms with Crippen LogP contribution in [0.1, 0.15) is 31.9 Å². The van der Waals surface area contributed by atoms with Gasteiger partial charge in [0.1, 0.15) is 0 Å². The number of hydrogen-bond acceptors (Lipinski definition) is 2. The molecule has 0 aliphatic heterocycles. The fourth-order valence-electron chi connectivity index (χ4n) is 1.94. The van der Waals surface area contributed by atoms with E-state index in [1.807, 2.05) is 6.92 Å². The van der Waals surface area contributed by atoms with E-state index in [0.29, 0.717) is 29.8 Å². The molecule has 2 rings (SSSR count). The summed E-state index contributed by atoms with van der Waals surface area (Å²) in [6.07, 6.45) is 4.66. The molecule has 4 nitrogen and oxygen atoms in total. The number of rotatable bonds is 7. The van der Waals surface area contributed by atoms with E-state index in [1.54, 1.807) is 10.4 Å². The average Bonchev–Trinajstić information content (AvgIpc) is 3.02. The van der Waals surface area contributed by atoms with Crippen LogP contribution in [-0.4, -0.2) is 30.8 Å². The quantitative estimate of drug-likeness (QED) is 0.785. The average molecular weight is 291 g/mol. The molecule has 1 heterocycles. The molecule has 0 saturated heterocycles. The first-order valence-corrected chi connectivity index (χ1v) is 8.28. The third kappa shape index (κ3) is 3.08. The molecule has 0 bridgehead atoms. The molecular formula is C12H19ClN2O2S. The summed E-state index contributed by atoms with van der Waals surface area (Å²) in [6.45, 7) is 3.23. The molecular weight excluding hydrogens is 272 g/mol. The van der Waals surface area contributed by atoms with Gasteiger partial charge in [0.15, 0.2) is 0 Å². The lowest BCUT2D eigenvalue weighted by Gasteiger charge is -2.20. The number of aromatic nitrogens is 1. The molecule has 1 fully saturated rings. The Bertz CT molecular complexity index is 494. The van der Waals surface area contributed by atoms with Crippen LogP contribution in [0.4, 0.5) is 0 Å². The first kappa shape index (κ1) is 13.9. The summed E-state index contributed by atoms with van der Waals surface area (Å²) in [5, 5.41) is 0. The van der Waals surface area contributed by atoms with Crippen molar-refractivity contribution in [3.05, 3.63) is 18.0 Å². The van der Waals surface area contributed by atoms with E-state index in [4.69, 9.17) is 11.6 Å². The largest absolute Gasteiger partial charge is 0.363 e. The highest BCUT2D eigenvalue weighted by Gasteiger charge is 2.31. The molecule has 1 N–H and O–H groups in total. The van der Waals surface area contributed by atoms with Crippen molar-refractivity contribution < 1.29 is 8.42 Å². The summed E-state index contributed by atoms with van der Waals surface area (Å²) in [4.78, 5) is 3.22. The number of hydrogen-bond donors (Lipinski definition) is 1. The third-order valence-electron chi connectivity index (χ3n) is 3.13. The van der Waals surface area contributed by atoms with Gasteiger partial charge in [0.05, 0.1) is 10.8 Å². The number of aromatic amines is 1.